The van der Waals surface area contributed by atoms with Gasteiger partial charge in [-0.3, -0.25) is 24.3 Å². The largest absolute Gasteiger partial charge is 0.510 e. The molecule has 0 fully saturated rings. The van der Waals surface area contributed by atoms with Gasteiger partial charge >= 0.3 is 0 Å². The summed E-state index contributed by atoms with van der Waals surface area (Å²) in [6.07, 6.45) is 0.873. The molecule has 0 heterocycles. The Morgan fingerprint density at radius 3 is 2.43 bits per heavy atom. The molecule has 1 aromatic rings. The number of nitrogens with two attached hydrogens (primary N) is 1. The van der Waals surface area contributed by atoms with Gasteiger partial charge in [-0.05, 0) is 62.5 Å². The first-order valence-corrected chi connectivity index (χ1v) is 11.4. The highest BCUT2D eigenvalue weighted by atomic mass is 16.3. The minimum Gasteiger partial charge on any atom is -0.510 e. The third-order valence-electron chi connectivity index (χ3n) is 7.52. The third kappa shape index (κ3) is 3.24. The van der Waals surface area contributed by atoms with Gasteiger partial charge in [0.15, 0.2) is 11.4 Å². The minimum absolute atomic E-state index is 0.0158. The predicted molar refractivity (Wildman–Crippen MR) is 126 cm³/mol. The average Bonchev–Trinajstić information content (AvgIpc) is 2.78. The number of fused-ring (bicyclic) bond motifs is 3. The summed E-state index contributed by atoms with van der Waals surface area (Å²) in [6.45, 7) is 1.92. The molecule has 4 atom stereocenters. The van der Waals surface area contributed by atoms with Gasteiger partial charge in [-0.15, -0.1) is 0 Å². The molecule has 3 unspecified atom stereocenters. The maximum absolute atomic E-state index is 13.6. The molecule has 10 nitrogen and oxygen atoms in total. The van der Waals surface area contributed by atoms with Crippen LogP contribution >= 0.6 is 0 Å². The van der Waals surface area contributed by atoms with Crippen LogP contribution in [0.25, 0.3) is 0 Å². The number of aliphatic imine (C=N–C) groups is 1. The summed E-state index contributed by atoms with van der Waals surface area (Å²) in [6, 6.07) is 2.05. The van der Waals surface area contributed by atoms with E-state index < -0.39 is 58.0 Å². The van der Waals surface area contributed by atoms with E-state index in [0.717, 1.165) is 5.71 Å². The molecular weight excluding hydrogens is 454 g/mol. The first-order chi connectivity index (χ1) is 16.4. The Morgan fingerprint density at radius 2 is 1.89 bits per heavy atom. The summed E-state index contributed by atoms with van der Waals surface area (Å²) >= 11 is 0. The number of primary amides is 1. The van der Waals surface area contributed by atoms with E-state index in [1.807, 2.05) is 6.92 Å². The number of amides is 1. The number of aliphatic hydroxyl groups is 3. The second-order valence-electron chi connectivity index (χ2n) is 9.47. The quantitative estimate of drug-likeness (QED) is 0.311. The molecule has 0 radical (unpaired) electrons. The van der Waals surface area contributed by atoms with E-state index in [1.54, 1.807) is 27.2 Å². The molecule has 186 valence electrons. The summed E-state index contributed by atoms with van der Waals surface area (Å²) in [5, 5.41) is 44.2. The highest BCUT2D eigenvalue weighted by Gasteiger charge is 2.63. The normalized spacial score (nSPS) is 28.7. The highest BCUT2D eigenvalue weighted by Crippen LogP contribution is 2.52. The average molecular weight is 484 g/mol. The van der Waals surface area contributed by atoms with Crippen LogP contribution in [0.3, 0.4) is 0 Å². The molecule has 0 spiro atoms. The second kappa shape index (κ2) is 8.31. The van der Waals surface area contributed by atoms with E-state index in [4.69, 9.17) is 5.73 Å². The smallest absolute Gasteiger partial charge is 0.255 e. The number of nitrogens with zero attached hydrogens (tertiary/aromatic N) is 2. The number of ketones is 2. The van der Waals surface area contributed by atoms with Crippen LogP contribution < -0.4 is 5.73 Å². The Labute approximate surface area is 202 Å². The van der Waals surface area contributed by atoms with Crippen LogP contribution in [0.15, 0.2) is 39.8 Å². The Morgan fingerprint density at radius 1 is 1.23 bits per heavy atom. The van der Waals surface area contributed by atoms with Crippen LogP contribution in [0.4, 0.5) is 0 Å². The number of phenols is 1. The molecule has 0 saturated carbocycles. The molecule has 35 heavy (non-hydrogen) atoms. The fourth-order valence-electron chi connectivity index (χ4n) is 5.99. The summed E-state index contributed by atoms with van der Waals surface area (Å²) in [4.78, 5) is 44.8. The number of allylic oxidation sites excluding steroid dienone is 1. The van der Waals surface area contributed by atoms with Crippen molar-refractivity contribution in [3.8, 4) is 5.75 Å². The van der Waals surface area contributed by atoms with Crippen molar-refractivity contribution in [2.45, 2.75) is 37.8 Å². The molecule has 1 aromatic carbocycles. The highest BCUT2D eigenvalue weighted by molar-refractivity contribution is 6.25. The molecule has 0 bridgehead atoms. The third-order valence-corrected chi connectivity index (χ3v) is 7.52. The van der Waals surface area contributed by atoms with Gasteiger partial charge in [0.1, 0.15) is 22.8 Å². The van der Waals surface area contributed by atoms with Crippen LogP contribution in [0, 0.1) is 11.8 Å². The number of rotatable bonds is 4. The number of hydrogen-bond acceptors (Lipinski definition) is 9. The van der Waals surface area contributed by atoms with Crippen molar-refractivity contribution in [2.24, 2.45) is 22.6 Å². The number of phenolic OH excluding ortho intramolecular Hbond substituents is 1. The lowest BCUT2D eigenvalue weighted by atomic mass is 9.58. The summed E-state index contributed by atoms with van der Waals surface area (Å²) < 4.78 is 0. The zero-order chi connectivity index (χ0) is 26.0. The van der Waals surface area contributed by atoms with Gasteiger partial charge < -0.3 is 26.2 Å². The SMILES string of the molecule is CC/C(=N\C)c1ccc(O)c2c1CC1CC3C(N(C)C)C(O)=C(C(N)=O)C(=O)[C@@]3(O)C(O)=C1C2=O. The van der Waals surface area contributed by atoms with Crippen LogP contribution in [0.5, 0.6) is 5.75 Å². The second-order valence-corrected chi connectivity index (χ2v) is 9.47. The molecule has 0 aromatic heterocycles. The van der Waals surface area contributed by atoms with Crippen molar-refractivity contribution in [3.05, 3.63) is 51.5 Å². The fourth-order valence-corrected chi connectivity index (χ4v) is 5.99. The zero-order valence-electron chi connectivity index (χ0n) is 20.0. The van der Waals surface area contributed by atoms with Crippen molar-refractivity contribution < 1.29 is 34.8 Å². The number of benzene rings is 1. The van der Waals surface area contributed by atoms with Crippen molar-refractivity contribution in [2.75, 3.05) is 21.1 Å². The Hall–Kier alpha value is -3.50. The Bertz CT molecular complexity index is 1260. The van der Waals surface area contributed by atoms with Gasteiger partial charge in [0, 0.05) is 24.3 Å². The van der Waals surface area contributed by atoms with Crippen molar-refractivity contribution in [1.29, 1.82) is 0 Å². The lowest BCUT2D eigenvalue weighted by Crippen LogP contribution is -2.63. The zero-order valence-corrected chi connectivity index (χ0v) is 20.0. The van der Waals surface area contributed by atoms with Crippen molar-refractivity contribution in [3.63, 3.8) is 0 Å². The van der Waals surface area contributed by atoms with Gasteiger partial charge in [-0.2, -0.15) is 0 Å². The lowest BCUT2D eigenvalue weighted by molar-refractivity contribution is -0.148. The number of aromatic hydroxyl groups is 1. The monoisotopic (exact) mass is 483 g/mol. The summed E-state index contributed by atoms with van der Waals surface area (Å²) in [7, 11) is 4.82. The Kier molecular flexibility index (Phi) is 5.85. The maximum Gasteiger partial charge on any atom is 0.255 e. The van der Waals surface area contributed by atoms with Crippen molar-refractivity contribution >= 4 is 23.2 Å². The Balaban J connectivity index is 1.98. The molecular formula is C25H29N3O7. The van der Waals surface area contributed by atoms with Crippen LogP contribution in [0.2, 0.25) is 0 Å². The molecule has 0 aliphatic heterocycles. The van der Waals surface area contributed by atoms with Gasteiger partial charge in [0.2, 0.25) is 5.78 Å². The van der Waals surface area contributed by atoms with Crippen LogP contribution in [-0.2, 0) is 16.0 Å². The van der Waals surface area contributed by atoms with Crippen LogP contribution in [-0.4, -0.2) is 81.3 Å². The van der Waals surface area contributed by atoms with Crippen LogP contribution in [0.1, 0.15) is 41.3 Å². The van der Waals surface area contributed by atoms with Gasteiger partial charge in [-0.25, -0.2) is 0 Å². The van der Waals surface area contributed by atoms with Crippen molar-refractivity contribution in [1.82, 2.24) is 4.90 Å². The summed E-state index contributed by atoms with van der Waals surface area (Å²) in [5.74, 6) is -6.63. The van der Waals surface area contributed by atoms with E-state index in [9.17, 15) is 34.8 Å². The molecule has 3 aliphatic carbocycles. The predicted octanol–water partition coefficient (Wildman–Crippen LogP) is 0.950. The number of carbonyl (C=O) groups excluding carboxylic acids is 3. The van der Waals surface area contributed by atoms with E-state index in [1.165, 1.54) is 11.0 Å². The first kappa shape index (κ1) is 24.6. The minimum atomic E-state index is -2.64. The summed E-state index contributed by atoms with van der Waals surface area (Å²) in [5.41, 5.74) is 3.70. The van der Waals surface area contributed by atoms with E-state index in [2.05, 4.69) is 4.99 Å². The van der Waals surface area contributed by atoms with Gasteiger partial charge in [-0.1, -0.05) is 6.92 Å². The lowest BCUT2D eigenvalue weighted by Gasteiger charge is -2.50. The van der Waals surface area contributed by atoms with E-state index in [0.29, 0.717) is 17.5 Å². The molecule has 6 N–H and O–H groups in total. The van der Waals surface area contributed by atoms with Gasteiger partial charge in [0.05, 0.1) is 11.6 Å². The molecule has 10 heteroatoms. The fraction of sp³-hybridized carbons (Fsp3) is 0.440. The maximum atomic E-state index is 13.6. The number of Topliss-reactive ketones (excluding diaryl/α,β-unsaturated/α-hetero) is 2. The molecule has 1 amide bonds. The van der Waals surface area contributed by atoms with Gasteiger partial charge in [0.25, 0.3) is 5.91 Å². The molecule has 0 saturated heterocycles. The number of aliphatic hydroxyl groups excluding tert-OH is 2. The van der Waals surface area contributed by atoms with E-state index in [-0.39, 0.29) is 29.7 Å². The first-order valence-electron chi connectivity index (χ1n) is 11.4. The topological polar surface area (TPSA) is 174 Å². The number of likely N-dealkylation sites (N-methyl/N-ethyl adjacent to an activating group) is 1. The standard InChI is InChI=1S/C25H29N3O7/c1-5-14(27-2)11-6-7-15(29)17-12(11)8-10-9-13-19(28(3)4)21(31)18(24(26)34)23(33)25(13,35)22(32)16(10)20(17)30/h6-7,10,13,19,29,31-32,35H,5,8-9H2,1-4H3,(H2,26,34)/b27-14+/t10?,13?,19?,25-/m0/s1. The number of hydrogen-bond donors (Lipinski definition) is 5. The van der Waals surface area contributed by atoms with E-state index >= 15 is 0 Å². The molecule has 4 rings (SSSR count). The molecule has 3 aliphatic rings. The number of carbonyl (C=O) groups is 3.